The zero-order chi connectivity index (χ0) is 11.5. The van der Waals surface area contributed by atoms with Gasteiger partial charge in [0.1, 0.15) is 11.9 Å². The molecule has 0 amide bonds. The number of hydrogen-bond donors (Lipinski definition) is 1. The number of ether oxygens (including phenoxy) is 2. The summed E-state index contributed by atoms with van der Waals surface area (Å²) in [5.41, 5.74) is 7.14. The minimum atomic E-state index is -0.339. The molecule has 0 saturated carbocycles. The van der Waals surface area contributed by atoms with Crippen LogP contribution in [0.25, 0.3) is 0 Å². The quantitative estimate of drug-likeness (QED) is 0.777. The summed E-state index contributed by atoms with van der Waals surface area (Å²) in [5, 5.41) is 0. The summed E-state index contributed by atoms with van der Waals surface area (Å²) in [5.74, 6) is 0.440. The molecule has 4 heteroatoms. The van der Waals surface area contributed by atoms with Crippen LogP contribution in [0.4, 0.5) is 0 Å². The van der Waals surface area contributed by atoms with Gasteiger partial charge in [-0.05, 0) is 30.7 Å². The second kappa shape index (κ2) is 4.53. The maximum absolute atomic E-state index is 11.3. The van der Waals surface area contributed by atoms with Gasteiger partial charge in [-0.25, -0.2) is 4.79 Å². The highest BCUT2D eigenvalue weighted by Gasteiger charge is 2.23. The molecule has 0 radical (unpaired) electrons. The van der Waals surface area contributed by atoms with E-state index in [-0.39, 0.29) is 12.1 Å². The molecule has 2 N–H and O–H groups in total. The molecule has 0 fully saturated rings. The average molecular weight is 221 g/mol. The van der Waals surface area contributed by atoms with E-state index >= 15 is 0 Å². The first-order chi connectivity index (χ1) is 7.74. The summed E-state index contributed by atoms with van der Waals surface area (Å²) in [7, 11) is 1.37. The van der Waals surface area contributed by atoms with Crippen molar-refractivity contribution < 1.29 is 14.3 Å². The lowest BCUT2D eigenvalue weighted by atomic mass is 10.1. The number of carbonyl (C=O) groups excluding carboxylic acids is 1. The molecule has 1 aromatic carbocycles. The molecule has 1 heterocycles. The lowest BCUT2D eigenvalue weighted by molar-refractivity contribution is 0.0600. The monoisotopic (exact) mass is 221 g/mol. The van der Waals surface area contributed by atoms with Crippen LogP contribution in [0.1, 0.15) is 22.3 Å². The van der Waals surface area contributed by atoms with Crippen molar-refractivity contribution in [3.63, 3.8) is 0 Å². The average Bonchev–Trinajstić information content (AvgIpc) is 2.69. The Morgan fingerprint density at radius 3 is 3.12 bits per heavy atom. The number of esters is 1. The fourth-order valence-electron chi connectivity index (χ4n) is 1.89. The van der Waals surface area contributed by atoms with Gasteiger partial charge in [-0.3, -0.25) is 0 Å². The van der Waals surface area contributed by atoms with E-state index in [4.69, 9.17) is 10.5 Å². The second-order valence-corrected chi connectivity index (χ2v) is 3.84. The van der Waals surface area contributed by atoms with Crippen LogP contribution >= 0.6 is 0 Å². The van der Waals surface area contributed by atoms with Gasteiger partial charge in [-0.15, -0.1) is 0 Å². The summed E-state index contributed by atoms with van der Waals surface area (Å²) < 4.78 is 10.4. The molecule has 1 aliphatic rings. The molecule has 0 aromatic heterocycles. The van der Waals surface area contributed by atoms with Crippen molar-refractivity contribution in [3.8, 4) is 5.75 Å². The van der Waals surface area contributed by atoms with Crippen LogP contribution in [0.5, 0.6) is 5.75 Å². The van der Waals surface area contributed by atoms with Crippen LogP contribution in [0.15, 0.2) is 18.2 Å². The highest BCUT2D eigenvalue weighted by Crippen LogP contribution is 2.30. The fourth-order valence-corrected chi connectivity index (χ4v) is 1.89. The van der Waals surface area contributed by atoms with Crippen molar-refractivity contribution in [3.05, 3.63) is 29.3 Å². The van der Waals surface area contributed by atoms with E-state index in [0.29, 0.717) is 12.1 Å². The lowest BCUT2D eigenvalue weighted by Crippen LogP contribution is -2.17. The van der Waals surface area contributed by atoms with E-state index in [9.17, 15) is 4.79 Å². The first-order valence-corrected chi connectivity index (χ1v) is 5.32. The van der Waals surface area contributed by atoms with Crippen LogP contribution < -0.4 is 10.5 Å². The topological polar surface area (TPSA) is 61.5 Å². The number of nitrogens with two attached hydrogens (primary N) is 1. The molecule has 1 aromatic rings. The summed E-state index contributed by atoms with van der Waals surface area (Å²) in [6.07, 6.45) is 1.85. The highest BCUT2D eigenvalue weighted by atomic mass is 16.5. The maximum atomic E-state index is 11.3. The van der Waals surface area contributed by atoms with Crippen LogP contribution in [-0.4, -0.2) is 25.7 Å². The van der Waals surface area contributed by atoms with Gasteiger partial charge in [0, 0.05) is 6.42 Å². The molecule has 0 saturated heterocycles. The minimum Gasteiger partial charge on any atom is -0.490 e. The standard InChI is InChI=1S/C12H15NO3/c1-15-12(14)9-3-2-8-6-10(4-5-13)16-11(8)7-9/h2-3,7,10H,4-6,13H2,1H3. The SMILES string of the molecule is COC(=O)c1ccc2c(c1)OC(CCN)C2. The van der Waals surface area contributed by atoms with Gasteiger partial charge >= 0.3 is 5.97 Å². The van der Waals surface area contributed by atoms with Gasteiger partial charge in [0.25, 0.3) is 0 Å². The molecule has 2 rings (SSSR count). The molecule has 0 spiro atoms. The smallest absolute Gasteiger partial charge is 0.337 e. The Balaban J connectivity index is 2.17. The van der Waals surface area contributed by atoms with Gasteiger partial charge in [-0.1, -0.05) is 6.07 Å². The van der Waals surface area contributed by atoms with Crippen molar-refractivity contribution in [1.82, 2.24) is 0 Å². The van der Waals surface area contributed by atoms with Gasteiger partial charge < -0.3 is 15.2 Å². The Hall–Kier alpha value is -1.55. The molecular formula is C12H15NO3. The lowest BCUT2D eigenvalue weighted by Gasteiger charge is -2.08. The molecular weight excluding hydrogens is 206 g/mol. The second-order valence-electron chi connectivity index (χ2n) is 3.84. The number of rotatable bonds is 3. The Kier molecular flexibility index (Phi) is 3.10. The summed E-state index contributed by atoms with van der Waals surface area (Å²) >= 11 is 0. The van der Waals surface area contributed by atoms with Gasteiger partial charge in [0.2, 0.25) is 0 Å². The summed E-state index contributed by atoms with van der Waals surface area (Å²) in [6, 6.07) is 5.41. The predicted octanol–water partition coefficient (Wildman–Crippen LogP) is 1.13. The van der Waals surface area contributed by atoms with Crippen LogP contribution in [0.2, 0.25) is 0 Å². The van der Waals surface area contributed by atoms with Crippen molar-refractivity contribution in [1.29, 1.82) is 0 Å². The Morgan fingerprint density at radius 2 is 2.44 bits per heavy atom. The third-order valence-corrected chi connectivity index (χ3v) is 2.72. The molecule has 16 heavy (non-hydrogen) atoms. The van der Waals surface area contributed by atoms with E-state index in [1.807, 2.05) is 6.07 Å². The zero-order valence-corrected chi connectivity index (χ0v) is 9.23. The fraction of sp³-hybridized carbons (Fsp3) is 0.417. The van der Waals surface area contributed by atoms with Crippen molar-refractivity contribution >= 4 is 5.97 Å². The van der Waals surface area contributed by atoms with Gasteiger partial charge in [0.15, 0.2) is 0 Å². The Labute approximate surface area is 94.3 Å². The molecule has 1 aliphatic heterocycles. The van der Waals surface area contributed by atoms with E-state index in [1.54, 1.807) is 12.1 Å². The van der Waals surface area contributed by atoms with Crippen LogP contribution in [-0.2, 0) is 11.2 Å². The van der Waals surface area contributed by atoms with Crippen LogP contribution in [0, 0.1) is 0 Å². The highest BCUT2D eigenvalue weighted by molar-refractivity contribution is 5.90. The molecule has 1 unspecified atom stereocenters. The van der Waals surface area contributed by atoms with Gasteiger partial charge in [0.05, 0.1) is 12.7 Å². The van der Waals surface area contributed by atoms with E-state index in [1.165, 1.54) is 7.11 Å². The largest absolute Gasteiger partial charge is 0.490 e. The normalized spacial score (nSPS) is 17.8. The van der Waals surface area contributed by atoms with Crippen LogP contribution in [0.3, 0.4) is 0 Å². The molecule has 0 bridgehead atoms. The predicted molar refractivity (Wildman–Crippen MR) is 59.6 cm³/mol. The van der Waals surface area contributed by atoms with E-state index in [2.05, 4.69) is 4.74 Å². The zero-order valence-electron chi connectivity index (χ0n) is 9.23. The summed E-state index contributed by atoms with van der Waals surface area (Å²) in [4.78, 5) is 11.3. The number of carbonyl (C=O) groups is 1. The number of hydrogen-bond acceptors (Lipinski definition) is 4. The number of benzene rings is 1. The minimum absolute atomic E-state index is 0.146. The van der Waals surface area contributed by atoms with Crippen molar-refractivity contribution in [2.24, 2.45) is 5.73 Å². The van der Waals surface area contributed by atoms with Crippen molar-refractivity contribution in [2.45, 2.75) is 18.9 Å². The number of fused-ring (bicyclic) bond motifs is 1. The Bertz CT molecular complexity index is 403. The van der Waals surface area contributed by atoms with Gasteiger partial charge in [-0.2, -0.15) is 0 Å². The number of methoxy groups -OCH3 is 1. The Morgan fingerprint density at radius 1 is 1.62 bits per heavy atom. The molecule has 0 aliphatic carbocycles. The third kappa shape index (κ3) is 2.02. The molecule has 4 nitrogen and oxygen atoms in total. The summed E-state index contributed by atoms with van der Waals surface area (Å²) in [6.45, 7) is 0.614. The first kappa shape index (κ1) is 11.0. The maximum Gasteiger partial charge on any atom is 0.337 e. The molecule has 1 atom stereocenters. The van der Waals surface area contributed by atoms with E-state index in [0.717, 1.165) is 24.2 Å². The van der Waals surface area contributed by atoms with E-state index < -0.39 is 0 Å². The van der Waals surface area contributed by atoms with Crippen molar-refractivity contribution in [2.75, 3.05) is 13.7 Å². The third-order valence-electron chi connectivity index (χ3n) is 2.72. The first-order valence-electron chi connectivity index (χ1n) is 5.32. The molecule has 86 valence electrons.